The van der Waals surface area contributed by atoms with Crippen molar-refractivity contribution >= 4 is 11.7 Å². The van der Waals surface area contributed by atoms with Gasteiger partial charge in [-0.3, -0.25) is 9.48 Å². The quantitative estimate of drug-likeness (QED) is 0.863. The van der Waals surface area contributed by atoms with Crippen LogP contribution in [-0.4, -0.2) is 22.8 Å². The molecule has 3 N–H and O–H groups in total. The third-order valence-corrected chi connectivity index (χ3v) is 2.69. The molecule has 0 fully saturated rings. The molecule has 0 saturated heterocycles. The van der Waals surface area contributed by atoms with Crippen LogP contribution in [0.15, 0.2) is 30.5 Å². The molecule has 100 valence electrons. The number of benzene rings is 1. The van der Waals surface area contributed by atoms with Crippen LogP contribution in [-0.2, 0) is 13.6 Å². The van der Waals surface area contributed by atoms with Gasteiger partial charge >= 0.3 is 0 Å². The van der Waals surface area contributed by atoms with Crippen LogP contribution >= 0.6 is 0 Å². The van der Waals surface area contributed by atoms with Gasteiger partial charge in [-0.05, 0) is 18.2 Å². The highest BCUT2D eigenvalue weighted by Gasteiger charge is 2.12. The predicted molar refractivity (Wildman–Crippen MR) is 72.0 cm³/mol. The molecule has 0 unspecified atom stereocenters. The topological polar surface area (TPSA) is 82.2 Å². The molecule has 6 nitrogen and oxygen atoms in total. The SMILES string of the molecule is COc1cccc(C(=O)Nc2nn(C)cc2CN)c1. The summed E-state index contributed by atoms with van der Waals surface area (Å²) in [5.41, 5.74) is 6.90. The van der Waals surface area contributed by atoms with E-state index in [4.69, 9.17) is 10.5 Å². The lowest BCUT2D eigenvalue weighted by Crippen LogP contribution is -2.14. The van der Waals surface area contributed by atoms with Gasteiger partial charge in [0.15, 0.2) is 5.82 Å². The van der Waals surface area contributed by atoms with E-state index in [1.165, 1.54) is 0 Å². The largest absolute Gasteiger partial charge is 0.497 e. The van der Waals surface area contributed by atoms with Gasteiger partial charge in [-0.1, -0.05) is 6.07 Å². The zero-order valence-corrected chi connectivity index (χ0v) is 10.9. The van der Waals surface area contributed by atoms with Gasteiger partial charge in [0, 0.05) is 30.9 Å². The lowest BCUT2D eigenvalue weighted by atomic mass is 10.2. The average Bonchev–Trinajstić information content (AvgIpc) is 2.78. The molecule has 0 aliphatic rings. The first-order chi connectivity index (χ1) is 9.13. The number of aromatic nitrogens is 2. The second-order valence-corrected chi connectivity index (χ2v) is 4.07. The molecular weight excluding hydrogens is 244 g/mol. The summed E-state index contributed by atoms with van der Waals surface area (Å²) in [5, 5.41) is 6.91. The van der Waals surface area contributed by atoms with Gasteiger partial charge in [-0.25, -0.2) is 0 Å². The van der Waals surface area contributed by atoms with E-state index in [1.807, 2.05) is 0 Å². The molecule has 19 heavy (non-hydrogen) atoms. The Morgan fingerprint density at radius 1 is 1.53 bits per heavy atom. The minimum absolute atomic E-state index is 0.243. The molecule has 1 aromatic carbocycles. The molecule has 0 saturated carbocycles. The second-order valence-electron chi connectivity index (χ2n) is 4.07. The predicted octanol–water partition coefficient (Wildman–Crippen LogP) is 1.14. The molecule has 0 bridgehead atoms. The van der Waals surface area contributed by atoms with E-state index in [2.05, 4.69) is 10.4 Å². The van der Waals surface area contributed by atoms with Crippen LogP contribution in [0.1, 0.15) is 15.9 Å². The van der Waals surface area contributed by atoms with Crippen molar-refractivity contribution < 1.29 is 9.53 Å². The summed E-state index contributed by atoms with van der Waals surface area (Å²) in [5.74, 6) is 0.873. The van der Waals surface area contributed by atoms with E-state index >= 15 is 0 Å². The number of aryl methyl sites for hydroxylation is 1. The number of rotatable bonds is 4. The second kappa shape index (κ2) is 5.53. The fraction of sp³-hybridized carbons (Fsp3) is 0.231. The highest BCUT2D eigenvalue weighted by molar-refractivity contribution is 6.04. The first kappa shape index (κ1) is 13.1. The van der Waals surface area contributed by atoms with E-state index < -0.39 is 0 Å². The van der Waals surface area contributed by atoms with E-state index in [-0.39, 0.29) is 5.91 Å². The van der Waals surface area contributed by atoms with Crippen molar-refractivity contribution in [3.63, 3.8) is 0 Å². The van der Waals surface area contributed by atoms with E-state index in [0.29, 0.717) is 23.7 Å². The number of hydrogen-bond acceptors (Lipinski definition) is 4. The fourth-order valence-electron chi connectivity index (χ4n) is 1.74. The number of hydrogen-bond donors (Lipinski definition) is 2. The third kappa shape index (κ3) is 2.92. The van der Waals surface area contributed by atoms with Gasteiger partial charge in [0.05, 0.1) is 7.11 Å². The number of nitrogens with two attached hydrogens (primary N) is 1. The molecule has 0 aliphatic heterocycles. The molecule has 2 rings (SSSR count). The zero-order chi connectivity index (χ0) is 13.8. The van der Waals surface area contributed by atoms with Crippen molar-refractivity contribution in [3.8, 4) is 5.75 Å². The summed E-state index contributed by atoms with van der Waals surface area (Å²) < 4.78 is 6.70. The standard InChI is InChI=1S/C13H16N4O2/c1-17-8-10(7-14)12(16-17)15-13(18)9-4-3-5-11(6-9)19-2/h3-6,8H,7,14H2,1-2H3,(H,15,16,18). The summed E-state index contributed by atoms with van der Waals surface area (Å²) in [4.78, 5) is 12.1. The molecule has 1 aromatic heterocycles. The lowest BCUT2D eigenvalue weighted by Gasteiger charge is -2.05. The van der Waals surface area contributed by atoms with Crippen molar-refractivity contribution in [2.45, 2.75) is 6.54 Å². The fourth-order valence-corrected chi connectivity index (χ4v) is 1.74. The highest BCUT2D eigenvalue weighted by Crippen LogP contribution is 2.16. The van der Waals surface area contributed by atoms with Crippen LogP contribution in [0.3, 0.4) is 0 Å². The number of carbonyl (C=O) groups excluding carboxylic acids is 1. The minimum Gasteiger partial charge on any atom is -0.497 e. The Hall–Kier alpha value is -2.34. The van der Waals surface area contributed by atoms with Gasteiger partial charge < -0.3 is 15.8 Å². The van der Waals surface area contributed by atoms with Crippen LogP contribution in [0, 0.1) is 0 Å². The van der Waals surface area contributed by atoms with Crippen molar-refractivity contribution in [2.24, 2.45) is 12.8 Å². The zero-order valence-electron chi connectivity index (χ0n) is 10.9. The minimum atomic E-state index is -0.243. The summed E-state index contributed by atoms with van der Waals surface area (Å²) >= 11 is 0. The molecule has 0 spiro atoms. The maximum absolute atomic E-state index is 12.1. The summed E-state index contributed by atoms with van der Waals surface area (Å²) in [6.45, 7) is 0.321. The van der Waals surface area contributed by atoms with Crippen molar-refractivity contribution in [2.75, 3.05) is 12.4 Å². The van der Waals surface area contributed by atoms with E-state index in [0.717, 1.165) is 5.56 Å². The molecule has 0 aliphatic carbocycles. The Bertz CT molecular complexity index is 592. The molecule has 1 amide bonds. The monoisotopic (exact) mass is 260 g/mol. The molecule has 0 atom stereocenters. The maximum Gasteiger partial charge on any atom is 0.257 e. The first-order valence-corrected chi connectivity index (χ1v) is 5.82. The van der Waals surface area contributed by atoms with Gasteiger partial charge in [-0.2, -0.15) is 5.10 Å². The van der Waals surface area contributed by atoms with Crippen molar-refractivity contribution in [1.82, 2.24) is 9.78 Å². The van der Waals surface area contributed by atoms with Crippen LogP contribution in [0.2, 0.25) is 0 Å². The Labute approximate surface area is 111 Å². The van der Waals surface area contributed by atoms with Gasteiger partial charge in [0.2, 0.25) is 0 Å². The normalized spacial score (nSPS) is 10.3. The molecule has 1 heterocycles. The van der Waals surface area contributed by atoms with Crippen LogP contribution in [0.5, 0.6) is 5.75 Å². The summed E-state index contributed by atoms with van der Waals surface area (Å²) in [6.07, 6.45) is 1.78. The Kier molecular flexibility index (Phi) is 3.82. The van der Waals surface area contributed by atoms with E-state index in [1.54, 1.807) is 49.3 Å². The van der Waals surface area contributed by atoms with Crippen LogP contribution < -0.4 is 15.8 Å². The van der Waals surface area contributed by atoms with E-state index in [9.17, 15) is 4.79 Å². The Balaban J connectivity index is 2.20. The summed E-state index contributed by atoms with van der Waals surface area (Å²) in [7, 11) is 3.34. The smallest absolute Gasteiger partial charge is 0.257 e. The first-order valence-electron chi connectivity index (χ1n) is 5.82. The van der Waals surface area contributed by atoms with Crippen LogP contribution in [0.4, 0.5) is 5.82 Å². The maximum atomic E-state index is 12.1. The Morgan fingerprint density at radius 3 is 3.00 bits per heavy atom. The number of anilines is 1. The average molecular weight is 260 g/mol. The van der Waals surface area contributed by atoms with Gasteiger partial charge in [0.25, 0.3) is 5.91 Å². The number of methoxy groups -OCH3 is 1. The number of amides is 1. The van der Waals surface area contributed by atoms with Gasteiger partial charge in [-0.15, -0.1) is 0 Å². The number of nitrogens with zero attached hydrogens (tertiary/aromatic N) is 2. The van der Waals surface area contributed by atoms with Gasteiger partial charge in [0.1, 0.15) is 5.75 Å². The van der Waals surface area contributed by atoms with Crippen LogP contribution in [0.25, 0.3) is 0 Å². The van der Waals surface area contributed by atoms with Crippen molar-refractivity contribution in [3.05, 3.63) is 41.6 Å². The molecule has 0 radical (unpaired) electrons. The van der Waals surface area contributed by atoms with Crippen molar-refractivity contribution in [1.29, 1.82) is 0 Å². The Morgan fingerprint density at radius 2 is 2.32 bits per heavy atom. The summed E-state index contributed by atoms with van der Waals surface area (Å²) in [6, 6.07) is 6.92. The lowest BCUT2D eigenvalue weighted by molar-refractivity contribution is 0.102. The number of carbonyl (C=O) groups is 1. The third-order valence-electron chi connectivity index (χ3n) is 2.69. The molecule has 2 aromatic rings. The number of nitrogens with one attached hydrogen (secondary N) is 1. The molecular formula is C13H16N4O2. The highest BCUT2D eigenvalue weighted by atomic mass is 16.5. The number of ether oxygens (including phenoxy) is 1. The molecule has 6 heteroatoms.